The Morgan fingerprint density at radius 2 is 1.72 bits per heavy atom. The van der Waals surface area contributed by atoms with Crippen LogP contribution in [0, 0.1) is 17.7 Å². The second-order valence-electron chi connectivity index (χ2n) is 12.1. The Hall–Kier alpha value is -3.83. The van der Waals surface area contributed by atoms with Crippen LogP contribution >= 0.6 is 23.2 Å². The number of aryl methyl sites for hydroxylation is 1. The van der Waals surface area contributed by atoms with Gasteiger partial charge in [0.1, 0.15) is 30.0 Å². The van der Waals surface area contributed by atoms with Gasteiger partial charge in [0.05, 0.1) is 10.5 Å². The van der Waals surface area contributed by atoms with Gasteiger partial charge in [-0.3, -0.25) is 14.4 Å². The molecule has 0 saturated carbocycles. The van der Waals surface area contributed by atoms with E-state index in [4.69, 9.17) is 33.7 Å². The maximum absolute atomic E-state index is 14.2. The van der Waals surface area contributed by atoms with Gasteiger partial charge in [-0.25, -0.2) is 9.18 Å². The first-order valence-corrected chi connectivity index (χ1v) is 16.1. The number of hydrogen-bond acceptors (Lipinski definition) is 5. The summed E-state index contributed by atoms with van der Waals surface area (Å²) in [6.45, 7) is 6.99. The molecule has 0 bridgehead atoms. The van der Waals surface area contributed by atoms with E-state index >= 15 is 0 Å². The molecule has 6 N–H and O–H groups in total. The second kappa shape index (κ2) is 14.7. The van der Waals surface area contributed by atoms with Gasteiger partial charge in [-0.05, 0) is 48.4 Å². The van der Waals surface area contributed by atoms with Gasteiger partial charge >= 0.3 is 6.09 Å². The number of halogens is 3. The predicted molar refractivity (Wildman–Crippen MR) is 175 cm³/mol. The van der Waals surface area contributed by atoms with Crippen molar-refractivity contribution in [3.05, 3.63) is 69.1 Å². The molecule has 0 saturated heterocycles. The minimum absolute atomic E-state index is 0.0491. The quantitative estimate of drug-likeness (QED) is 0.176. The monoisotopic (exact) mass is 675 g/mol. The lowest BCUT2D eigenvalue weighted by Gasteiger charge is -2.39. The maximum Gasteiger partial charge on any atom is 0.408 e. The first kappa shape index (κ1) is 35.0. The molecule has 248 valence electrons. The first-order valence-electron chi connectivity index (χ1n) is 15.4. The molecular formula is C33H40Cl2FN5O5. The minimum Gasteiger partial charge on any atom is -0.445 e. The Morgan fingerprint density at radius 1 is 1.04 bits per heavy atom. The summed E-state index contributed by atoms with van der Waals surface area (Å²) in [5, 5.41) is 9.89. The molecule has 2 unspecified atom stereocenters. The zero-order valence-electron chi connectivity index (χ0n) is 26.3. The van der Waals surface area contributed by atoms with Crippen molar-refractivity contribution in [2.75, 3.05) is 0 Å². The number of ether oxygens (including phenoxy) is 1. The van der Waals surface area contributed by atoms with Gasteiger partial charge in [0, 0.05) is 28.1 Å². The van der Waals surface area contributed by atoms with Crippen LogP contribution in [0.2, 0.25) is 10.0 Å². The Balaban J connectivity index is 1.66. The van der Waals surface area contributed by atoms with Crippen molar-refractivity contribution in [3.63, 3.8) is 0 Å². The maximum atomic E-state index is 14.2. The molecule has 1 heterocycles. The van der Waals surface area contributed by atoms with E-state index < -0.39 is 47.3 Å². The van der Waals surface area contributed by atoms with E-state index in [0.29, 0.717) is 40.2 Å². The predicted octanol–water partition coefficient (Wildman–Crippen LogP) is 5.31. The van der Waals surface area contributed by atoms with Crippen molar-refractivity contribution in [3.8, 4) is 0 Å². The fourth-order valence-corrected chi connectivity index (χ4v) is 6.32. The summed E-state index contributed by atoms with van der Waals surface area (Å²) in [6, 6.07) is 7.18. The molecule has 10 nitrogen and oxygen atoms in total. The average molecular weight is 677 g/mol. The number of hydrogen-bond donors (Lipinski definition) is 5. The number of amides is 4. The van der Waals surface area contributed by atoms with Crippen LogP contribution in [0.25, 0.3) is 10.9 Å². The average Bonchev–Trinajstić information content (AvgIpc) is 3.38. The number of benzene rings is 2. The van der Waals surface area contributed by atoms with E-state index in [2.05, 4.69) is 20.9 Å². The number of nitrogens with one attached hydrogen (secondary N) is 4. The Kier molecular flexibility index (Phi) is 11.2. The molecule has 5 atom stereocenters. The van der Waals surface area contributed by atoms with Crippen LogP contribution in [0.3, 0.4) is 0 Å². The molecule has 0 radical (unpaired) electrons. The number of rotatable bonds is 12. The van der Waals surface area contributed by atoms with Crippen molar-refractivity contribution in [2.45, 2.75) is 84.0 Å². The number of H-pyrrole nitrogens is 1. The summed E-state index contributed by atoms with van der Waals surface area (Å²) in [4.78, 5) is 56.8. The largest absolute Gasteiger partial charge is 0.445 e. The Labute approximate surface area is 277 Å². The highest BCUT2D eigenvalue weighted by Crippen LogP contribution is 2.38. The highest BCUT2D eigenvalue weighted by Gasteiger charge is 2.46. The molecule has 3 aromatic rings. The summed E-state index contributed by atoms with van der Waals surface area (Å²) >= 11 is 12.8. The molecule has 0 aliphatic heterocycles. The molecule has 13 heteroatoms. The number of fused-ring (bicyclic) bond motifs is 3. The van der Waals surface area contributed by atoms with E-state index in [1.165, 1.54) is 18.2 Å². The smallest absolute Gasteiger partial charge is 0.408 e. The van der Waals surface area contributed by atoms with Crippen molar-refractivity contribution in [1.29, 1.82) is 0 Å². The number of aromatic amines is 1. The highest BCUT2D eigenvalue weighted by molar-refractivity contribution is 6.38. The number of alkyl carbamates (subject to hydrolysis) is 1. The van der Waals surface area contributed by atoms with Crippen molar-refractivity contribution in [2.24, 2.45) is 17.6 Å². The van der Waals surface area contributed by atoms with Crippen LogP contribution < -0.4 is 21.7 Å². The van der Waals surface area contributed by atoms with Crippen LogP contribution in [-0.4, -0.2) is 46.4 Å². The van der Waals surface area contributed by atoms with Gasteiger partial charge in [0.15, 0.2) is 0 Å². The number of carbonyl (C=O) groups excluding carboxylic acids is 4. The highest BCUT2D eigenvalue weighted by atomic mass is 35.5. The normalized spacial score (nSPS) is 18.5. The first-order chi connectivity index (χ1) is 21.8. The van der Waals surface area contributed by atoms with Crippen molar-refractivity contribution < 1.29 is 28.3 Å². The number of carbonyl (C=O) groups is 4. The lowest BCUT2D eigenvalue weighted by Crippen LogP contribution is -2.67. The fourth-order valence-electron chi connectivity index (χ4n) is 5.78. The molecule has 0 fully saturated rings. The molecule has 2 aromatic carbocycles. The Bertz CT molecular complexity index is 1630. The lowest BCUT2D eigenvalue weighted by molar-refractivity contribution is -0.137. The molecule has 4 amide bonds. The van der Waals surface area contributed by atoms with Gasteiger partial charge in [-0.2, -0.15) is 0 Å². The fraction of sp³-hybridized carbons (Fsp3) is 0.455. The third-order valence-electron chi connectivity index (χ3n) is 8.99. The van der Waals surface area contributed by atoms with Gasteiger partial charge in [0.25, 0.3) is 0 Å². The summed E-state index contributed by atoms with van der Waals surface area (Å²) in [7, 11) is 0. The van der Waals surface area contributed by atoms with Gasteiger partial charge < -0.3 is 31.4 Å². The molecule has 0 spiro atoms. The number of aromatic nitrogens is 1. The molecule has 1 aliphatic carbocycles. The third kappa shape index (κ3) is 7.58. The minimum atomic E-state index is -1.53. The van der Waals surface area contributed by atoms with Crippen LogP contribution in [-0.2, 0) is 38.6 Å². The van der Waals surface area contributed by atoms with Crippen LogP contribution in [0.1, 0.15) is 63.8 Å². The topological polar surface area (TPSA) is 155 Å². The van der Waals surface area contributed by atoms with Crippen LogP contribution in [0.5, 0.6) is 0 Å². The molecule has 4 rings (SSSR count). The number of nitrogens with two attached hydrogens (primary N) is 1. The second-order valence-corrected chi connectivity index (χ2v) is 12.9. The van der Waals surface area contributed by atoms with E-state index in [0.717, 1.165) is 11.3 Å². The van der Waals surface area contributed by atoms with Gasteiger partial charge in [0.2, 0.25) is 17.7 Å². The zero-order chi connectivity index (χ0) is 33.8. The van der Waals surface area contributed by atoms with Gasteiger partial charge in [-0.1, -0.05) is 81.9 Å². The molecular weight excluding hydrogens is 636 g/mol. The van der Waals surface area contributed by atoms with Crippen molar-refractivity contribution in [1.82, 2.24) is 20.9 Å². The van der Waals surface area contributed by atoms with Crippen molar-refractivity contribution >= 4 is 57.9 Å². The zero-order valence-corrected chi connectivity index (χ0v) is 27.8. The van der Waals surface area contributed by atoms with E-state index in [9.17, 15) is 23.6 Å². The summed E-state index contributed by atoms with van der Waals surface area (Å²) in [6.07, 6.45) is 0.750. The standard InChI is InChI=1S/C33H40Cl2FN5O5/c1-5-17(3)26(29(37)42)39-31(44)33(12-11-25-22(15-33)21-13-20(34)14-23(35)28(21)38-25)41-30(43)27(18(4)6-2)40-32(45)46-16-19-9-7-8-10-24(19)36/h7-10,13-14,17-18,26-27,38H,5-6,11-12,15-16H2,1-4H3,(H2,37,42)(H,39,44)(H,40,45)(H,41,43)/t17-,18-,26?,27?,33+/m0/s1. The van der Waals surface area contributed by atoms with Crippen LogP contribution in [0.4, 0.5) is 9.18 Å². The lowest BCUT2D eigenvalue weighted by atomic mass is 9.78. The molecule has 1 aliphatic rings. The van der Waals surface area contributed by atoms with E-state index in [1.807, 2.05) is 13.8 Å². The van der Waals surface area contributed by atoms with Gasteiger partial charge in [-0.15, -0.1) is 0 Å². The van der Waals surface area contributed by atoms with E-state index in [-0.39, 0.29) is 36.8 Å². The summed E-state index contributed by atoms with van der Waals surface area (Å²) in [5.41, 5.74) is 6.59. The Morgan fingerprint density at radius 3 is 2.37 bits per heavy atom. The molecule has 46 heavy (non-hydrogen) atoms. The summed E-state index contributed by atoms with van der Waals surface area (Å²) < 4.78 is 19.3. The summed E-state index contributed by atoms with van der Waals surface area (Å²) in [5.74, 6) is -3.05. The van der Waals surface area contributed by atoms with Crippen LogP contribution in [0.15, 0.2) is 36.4 Å². The van der Waals surface area contributed by atoms with E-state index in [1.54, 1.807) is 32.0 Å². The SMILES string of the molecule is CC[C@H](C)C(NC(=O)[C@@]1(NC(=O)C(NC(=O)OCc2ccccc2F)[C@@H](C)CC)CCc2[nH]c3c(Cl)cc(Cl)cc3c2C1)C(N)=O. The number of primary amides is 1. The molecule has 1 aromatic heterocycles. The third-order valence-corrected chi connectivity index (χ3v) is 9.51.